The molecular weight excluding hydrogens is 297 g/mol. The van der Waals surface area contributed by atoms with Crippen LogP contribution in [-0.4, -0.2) is 42.5 Å². The summed E-state index contributed by atoms with van der Waals surface area (Å²) < 4.78 is 37.0. The van der Waals surface area contributed by atoms with E-state index in [0.717, 1.165) is 4.90 Å². The minimum absolute atomic E-state index is 0.0736. The van der Waals surface area contributed by atoms with Crippen molar-refractivity contribution < 1.29 is 22.8 Å². The molecule has 0 aromatic heterocycles. The second-order valence-corrected chi connectivity index (χ2v) is 5.31. The van der Waals surface area contributed by atoms with E-state index >= 15 is 0 Å². The van der Waals surface area contributed by atoms with E-state index in [2.05, 4.69) is 5.32 Å². The van der Waals surface area contributed by atoms with Crippen LogP contribution in [0, 0.1) is 5.92 Å². The third-order valence-electron chi connectivity index (χ3n) is 3.73. The zero-order valence-electron chi connectivity index (χ0n) is 11.9. The van der Waals surface area contributed by atoms with Crippen LogP contribution in [0.3, 0.4) is 0 Å². The Balaban J connectivity index is 1.76. The predicted octanol–water partition coefficient (Wildman–Crippen LogP) is 2.22. The highest BCUT2D eigenvalue weighted by Crippen LogP contribution is 2.23. The number of nitrogens with zero attached hydrogens (tertiary/aromatic N) is 1. The van der Waals surface area contributed by atoms with Crippen molar-refractivity contribution in [2.24, 2.45) is 5.92 Å². The molecule has 0 bridgehead atoms. The van der Waals surface area contributed by atoms with Crippen LogP contribution >= 0.6 is 0 Å². The summed E-state index contributed by atoms with van der Waals surface area (Å²) in [6.45, 7) is 0.552. The molecule has 2 amide bonds. The van der Waals surface area contributed by atoms with Crippen LogP contribution in [0.4, 0.5) is 13.2 Å². The lowest BCUT2D eigenvalue weighted by Gasteiger charge is -2.32. The van der Waals surface area contributed by atoms with Crippen molar-refractivity contribution in [3.8, 4) is 0 Å². The Bertz CT molecular complexity index is 523. The number of alkyl halides is 3. The quantitative estimate of drug-likeness (QED) is 0.930. The maximum Gasteiger partial charge on any atom is 0.471 e. The van der Waals surface area contributed by atoms with Gasteiger partial charge in [-0.05, 0) is 30.9 Å². The van der Waals surface area contributed by atoms with E-state index in [4.69, 9.17) is 0 Å². The molecular formula is C15H17F3N2O2. The summed E-state index contributed by atoms with van der Waals surface area (Å²) in [5.41, 5.74) is 0.548. The lowest BCUT2D eigenvalue weighted by Crippen LogP contribution is -2.46. The van der Waals surface area contributed by atoms with E-state index in [0.29, 0.717) is 24.9 Å². The lowest BCUT2D eigenvalue weighted by molar-refractivity contribution is -0.186. The van der Waals surface area contributed by atoms with E-state index in [1.807, 2.05) is 6.07 Å². The van der Waals surface area contributed by atoms with Crippen molar-refractivity contribution in [1.29, 1.82) is 0 Å². The highest BCUT2D eigenvalue weighted by Gasteiger charge is 2.43. The number of amides is 2. The normalized spacial score (nSPS) is 16.4. The highest BCUT2D eigenvalue weighted by atomic mass is 19.4. The predicted molar refractivity (Wildman–Crippen MR) is 74.1 cm³/mol. The monoisotopic (exact) mass is 314 g/mol. The molecule has 0 radical (unpaired) electrons. The summed E-state index contributed by atoms with van der Waals surface area (Å²) >= 11 is 0. The van der Waals surface area contributed by atoms with Crippen LogP contribution in [0.5, 0.6) is 0 Å². The van der Waals surface area contributed by atoms with Crippen molar-refractivity contribution in [2.75, 3.05) is 19.6 Å². The Morgan fingerprint density at radius 1 is 1.14 bits per heavy atom. The Kier molecular flexibility index (Phi) is 5.05. The number of rotatable bonds is 3. The fraction of sp³-hybridized carbons (Fsp3) is 0.467. The van der Waals surface area contributed by atoms with Gasteiger partial charge < -0.3 is 10.2 Å². The second kappa shape index (κ2) is 6.81. The van der Waals surface area contributed by atoms with Crippen LogP contribution in [0.15, 0.2) is 30.3 Å². The van der Waals surface area contributed by atoms with Gasteiger partial charge in [0.05, 0.1) is 0 Å². The van der Waals surface area contributed by atoms with Gasteiger partial charge in [0.25, 0.3) is 5.91 Å². The molecule has 0 atom stereocenters. The maximum absolute atomic E-state index is 12.3. The summed E-state index contributed by atoms with van der Waals surface area (Å²) in [7, 11) is 0. The highest BCUT2D eigenvalue weighted by molar-refractivity contribution is 5.94. The van der Waals surface area contributed by atoms with Crippen LogP contribution in [0.2, 0.25) is 0 Å². The number of carbonyl (C=O) groups excluding carboxylic acids is 2. The van der Waals surface area contributed by atoms with Gasteiger partial charge in [0.15, 0.2) is 0 Å². The first-order valence-corrected chi connectivity index (χ1v) is 7.07. The molecule has 1 aliphatic rings. The molecule has 22 heavy (non-hydrogen) atoms. The first kappa shape index (κ1) is 16.3. The molecule has 7 heteroatoms. The Morgan fingerprint density at radius 3 is 2.27 bits per heavy atom. The Morgan fingerprint density at radius 2 is 1.73 bits per heavy atom. The molecule has 1 heterocycles. The third kappa shape index (κ3) is 4.22. The van der Waals surface area contributed by atoms with Crippen molar-refractivity contribution in [2.45, 2.75) is 19.0 Å². The van der Waals surface area contributed by atoms with Crippen LogP contribution in [-0.2, 0) is 4.79 Å². The zero-order chi connectivity index (χ0) is 16.2. The molecule has 1 N–H and O–H groups in total. The van der Waals surface area contributed by atoms with Gasteiger partial charge in [-0.2, -0.15) is 13.2 Å². The molecule has 0 spiro atoms. The van der Waals surface area contributed by atoms with Gasteiger partial charge in [-0.25, -0.2) is 0 Å². The molecule has 1 fully saturated rings. The van der Waals surface area contributed by atoms with Crippen LogP contribution in [0.25, 0.3) is 0 Å². The summed E-state index contributed by atoms with van der Waals surface area (Å²) in [4.78, 5) is 23.8. The smallest absolute Gasteiger partial charge is 0.352 e. The summed E-state index contributed by atoms with van der Waals surface area (Å²) in [5.74, 6) is -1.89. The van der Waals surface area contributed by atoms with Gasteiger partial charge in [0.2, 0.25) is 0 Å². The van der Waals surface area contributed by atoms with E-state index in [9.17, 15) is 22.8 Å². The number of halogens is 3. The first-order valence-electron chi connectivity index (χ1n) is 7.07. The molecule has 1 aliphatic heterocycles. The topological polar surface area (TPSA) is 49.4 Å². The molecule has 1 aromatic rings. The second-order valence-electron chi connectivity index (χ2n) is 5.31. The van der Waals surface area contributed by atoms with Crippen molar-refractivity contribution in [3.05, 3.63) is 35.9 Å². The standard InChI is InChI=1S/C15H17F3N2O2/c16-15(17,18)14(22)20-8-6-11(7-9-20)10-19-13(21)12-4-2-1-3-5-12/h1-5,11H,6-10H2,(H,19,21). The Labute approximate surface area is 126 Å². The molecule has 0 saturated carbocycles. The van der Waals surface area contributed by atoms with E-state index in [1.165, 1.54) is 0 Å². The van der Waals surface area contributed by atoms with Gasteiger partial charge in [-0.3, -0.25) is 9.59 Å². The van der Waals surface area contributed by atoms with E-state index in [-0.39, 0.29) is 24.9 Å². The molecule has 1 aromatic carbocycles. The third-order valence-corrected chi connectivity index (χ3v) is 3.73. The van der Waals surface area contributed by atoms with E-state index in [1.54, 1.807) is 24.3 Å². The molecule has 4 nitrogen and oxygen atoms in total. The number of hydrogen-bond donors (Lipinski definition) is 1. The minimum Gasteiger partial charge on any atom is -0.352 e. The number of likely N-dealkylation sites (tertiary alicyclic amines) is 1. The maximum atomic E-state index is 12.3. The molecule has 0 unspecified atom stereocenters. The fourth-order valence-electron chi connectivity index (χ4n) is 2.45. The first-order chi connectivity index (χ1) is 10.4. The van der Waals surface area contributed by atoms with Gasteiger partial charge in [-0.15, -0.1) is 0 Å². The van der Waals surface area contributed by atoms with Gasteiger partial charge in [0.1, 0.15) is 0 Å². The van der Waals surface area contributed by atoms with Gasteiger partial charge >= 0.3 is 12.1 Å². The van der Waals surface area contributed by atoms with E-state index < -0.39 is 12.1 Å². The zero-order valence-corrected chi connectivity index (χ0v) is 11.9. The van der Waals surface area contributed by atoms with Crippen LogP contribution < -0.4 is 5.32 Å². The molecule has 120 valence electrons. The number of nitrogens with one attached hydrogen (secondary N) is 1. The van der Waals surface area contributed by atoms with Crippen molar-refractivity contribution in [3.63, 3.8) is 0 Å². The number of carbonyl (C=O) groups is 2. The number of benzene rings is 1. The number of hydrogen-bond acceptors (Lipinski definition) is 2. The lowest BCUT2D eigenvalue weighted by atomic mass is 9.96. The minimum atomic E-state index is -4.81. The average molecular weight is 314 g/mol. The van der Waals surface area contributed by atoms with Gasteiger partial charge in [-0.1, -0.05) is 18.2 Å². The molecule has 1 saturated heterocycles. The van der Waals surface area contributed by atoms with Gasteiger partial charge in [0, 0.05) is 25.2 Å². The van der Waals surface area contributed by atoms with Crippen LogP contribution in [0.1, 0.15) is 23.2 Å². The summed E-state index contributed by atoms with van der Waals surface area (Å²) in [6, 6.07) is 8.72. The fourth-order valence-corrected chi connectivity index (χ4v) is 2.45. The summed E-state index contributed by atoms with van der Waals surface area (Å²) in [5, 5.41) is 2.78. The summed E-state index contributed by atoms with van der Waals surface area (Å²) in [6.07, 6.45) is -3.90. The van der Waals surface area contributed by atoms with Crippen molar-refractivity contribution >= 4 is 11.8 Å². The largest absolute Gasteiger partial charge is 0.471 e. The molecule has 0 aliphatic carbocycles. The molecule has 2 rings (SSSR count). The Hall–Kier alpha value is -2.05. The number of piperidine rings is 1. The average Bonchev–Trinajstić information content (AvgIpc) is 2.52. The van der Waals surface area contributed by atoms with Crippen molar-refractivity contribution in [1.82, 2.24) is 10.2 Å². The SMILES string of the molecule is O=C(NCC1CCN(C(=O)C(F)(F)F)CC1)c1ccccc1.